The first-order valence-corrected chi connectivity index (χ1v) is 5.37. The van der Waals surface area contributed by atoms with Crippen molar-refractivity contribution in [3.8, 4) is 0 Å². The number of unbranched alkanes of at least 4 members (excludes halogenated alkanes) is 4. The molecule has 0 atom stereocenters. The van der Waals surface area contributed by atoms with Gasteiger partial charge in [-0.3, -0.25) is 4.79 Å². The fourth-order valence-corrected chi connectivity index (χ4v) is 1.09. The Morgan fingerprint density at radius 1 is 1.20 bits per heavy atom. The second-order valence-corrected chi connectivity index (χ2v) is 3.38. The molecule has 0 heterocycles. The lowest BCUT2D eigenvalue weighted by Gasteiger charge is -2.02. The van der Waals surface area contributed by atoms with Crippen molar-refractivity contribution < 1.29 is 9.53 Å². The molecule has 5 nitrogen and oxygen atoms in total. The summed E-state index contributed by atoms with van der Waals surface area (Å²) in [5.41, 5.74) is 10.1. The Kier molecular flexibility index (Phi) is 8.52. The van der Waals surface area contributed by atoms with Crippen molar-refractivity contribution in [2.75, 3.05) is 13.2 Å². The summed E-state index contributed by atoms with van der Waals surface area (Å²) in [6, 6.07) is 0. The van der Waals surface area contributed by atoms with Gasteiger partial charge in [0.2, 0.25) is 0 Å². The molecule has 0 bridgehead atoms. The van der Waals surface area contributed by atoms with Crippen molar-refractivity contribution in [1.29, 1.82) is 0 Å². The zero-order chi connectivity index (χ0) is 11.5. The van der Waals surface area contributed by atoms with Crippen molar-refractivity contribution in [1.82, 2.24) is 0 Å². The molecule has 0 rings (SSSR count). The molecule has 0 aliphatic heterocycles. The lowest BCUT2D eigenvalue weighted by atomic mass is 10.2. The van der Waals surface area contributed by atoms with Gasteiger partial charge in [-0.25, -0.2) is 4.99 Å². The Balaban J connectivity index is 3.28. The fraction of sp³-hybridized carbons (Fsp3) is 0.800. The fourth-order valence-electron chi connectivity index (χ4n) is 1.09. The summed E-state index contributed by atoms with van der Waals surface area (Å²) in [5, 5.41) is 0. The average Bonchev–Trinajstić information content (AvgIpc) is 2.20. The van der Waals surface area contributed by atoms with E-state index in [9.17, 15) is 4.79 Å². The number of esters is 1. The van der Waals surface area contributed by atoms with Crippen LogP contribution in [0.2, 0.25) is 0 Å². The van der Waals surface area contributed by atoms with Crippen molar-refractivity contribution in [3.05, 3.63) is 0 Å². The lowest BCUT2D eigenvalue weighted by molar-refractivity contribution is -0.141. The Labute approximate surface area is 90.9 Å². The van der Waals surface area contributed by atoms with Gasteiger partial charge in [0.15, 0.2) is 5.96 Å². The Morgan fingerprint density at radius 2 is 1.87 bits per heavy atom. The summed E-state index contributed by atoms with van der Waals surface area (Å²) in [5.74, 6) is -0.464. The molecule has 0 aromatic rings. The van der Waals surface area contributed by atoms with E-state index >= 15 is 0 Å². The van der Waals surface area contributed by atoms with Gasteiger partial charge < -0.3 is 16.2 Å². The number of guanidine groups is 1. The topological polar surface area (TPSA) is 90.7 Å². The highest BCUT2D eigenvalue weighted by atomic mass is 16.5. The van der Waals surface area contributed by atoms with Gasteiger partial charge >= 0.3 is 5.97 Å². The molecule has 0 saturated heterocycles. The molecule has 88 valence electrons. The summed E-state index contributed by atoms with van der Waals surface area (Å²) < 4.78 is 4.92. The highest BCUT2D eigenvalue weighted by Gasteiger charge is 2.00. The molecule has 0 radical (unpaired) electrons. The van der Waals surface area contributed by atoms with Crippen LogP contribution in [-0.2, 0) is 9.53 Å². The summed E-state index contributed by atoms with van der Waals surface area (Å²) >= 11 is 0. The SMILES string of the molecule is CCCCCCCOC(=O)CN=C(N)N. The van der Waals surface area contributed by atoms with E-state index in [-0.39, 0.29) is 18.5 Å². The molecule has 5 heteroatoms. The Bertz CT molecular complexity index is 201. The smallest absolute Gasteiger partial charge is 0.327 e. The van der Waals surface area contributed by atoms with E-state index in [1.165, 1.54) is 19.3 Å². The maximum atomic E-state index is 11.0. The van der Waals surface area contributed by atoms with E-state index in [0.717, 1.165) is 12.8 Å². The first-order valence-electron chi connectivity index (χ1n) is 5.37. The second kappa shape index (κ2) is 9.30. The van der Waals surface area contributed by atoms with Crippen LogP contribution >= 0.6 is 0 Å². The van der Waals surface area contributed by atoms with Gasteiger partial charge in [0, 0.05) is 0 Å². The zero-order valence-electron chi connectivity index (χ0n) is 9.37. The van der Waals surface area contributed by atoms with Gasteiger partial charge in [-0.2, -0.15) is 0 Å². The van der Waals surface area contributed by atoms with E-state index in [0.29, 0.717) is 6.61 Å². The molecule has 0 saturated carbocycles. The van der Waals surface area contributed by atoms with Crippen LogP contribution in [0.25, 0.3) is 0 Å². The third-order valence-electron chi connectivity index (χ3n) is 1.90. The van der Waals surface area contributed by atoms with E-state index < -0.39 is 0 Å². The monoisotopic (exact) mass is 215 g/mol. The van der Waals surface area contributed by atoms with Crippen LogP contribution in [0.4, 0.5) is 0 Å². The molecule has 0 aromatic heterocycles. The molecule has 4 N–H and O–H groups in total. The average molecular weight is 215 g/mol. The number of hydrogen-bond donors (Lipinski definition) is 2. The second-order valence-electron chi connectivity index (χ2n) is 3.38. The van der Waals surface area contributed by atoms with E-state index in [4.69, 9.17) is 16.2 Å². The van der Waals surface area contributed by atoms with E-state index in [1.807, 2.05) is 0 Å². The minimum absolute atomic E-state index is 0.0860. The third-order valence-corrected chi connectivity index (χ3v) is 1.90. The molecule has 0 aromatic carbocycles. The number of carbonyl (C=O) groups excluding carboxylic acids is 1. The van der Waals surface area contributed by atoms with Gasteiger partial charge in [0.1, 0.15) is 6.54 Å². The first kappa shape index (κ1) is 13.7. The van der Waals surface area contributed by atoms with Gasteiger partial charge in [0.25, 0.3) is 0 Å². The van der Waals surface area contributed by atoms with Crippen LogP contribution in [0.5, 0.6) is 0 Å². The third kappa shape index (κ3) is 10.7. The molecular formula is C10H21N3O2. The number of nitrogens with zero attached hydrogens (tertiary/aromatic N) is 1. The molecule has 0 spiro atoms. The predicted molar refractivity (Wildman–Crippen MR) is 60.4 cm³/mol. The maximum Gasteiger partial charge on any atom is 0.327 e. The van der Waals surface area contributed by atoms with Gasteiger partial charge in [-0.05, 0) is 6.42 Å². The van der Waals surface area contributed by atoms with Crippen LogP contribution in [0.15, 0.2) is 4.99 Å². The molecule has 15 heavy (non-hydrogen) atoms. The number of carbonyl (C=O) groups is 1. The largest absolute Gasteiger partial charge is 0.464 e. The minimum atomic E-state index is -0.376. The molecular weight excluding hydrogens is 194 g/mol. The van der Waals surface area contributed by atoms with E-state index in [2.05, 4.69) is 11.9 Å². The Morgan fingerprint density at radius 3 is 2.47 bits per heavy atom. The lowest BCUT2D eigenvalue weighted by Crippen LogP contribution is -2.24. The normalized spacial score (nSPS) is 9.67. The number of ether oxygens (including phenoxy) is 1. The van der Waals surface area contributed by atoms with Crippen LogP contribution in [0, 0.1) is 0 Å². The number of nitrogens with two attached hydrogens (primary N) is 2. The Hall–Kier alpha value is -1.26. The van der Waals surface area contributed by atoms with Crippen molar-refractivity contribution in [2.24, 2.45) is 16.5 Å². The summed E-state index contributed by atoms with van der Waals surface area (Å²) in [7, 11) is 0. The van der Waals surface area contributed by atoms with Crippen molar-refractivity contribution in [3.63, 3.8) is 0 Å². The minimum Gasteiger partial charge on any atom is -0.464 e. The standard InChI is InChI=1S/C10H21N3O2/c1-2-3-4-5-6-7-15-9(14)8-13-10(11)12/h2-8H2,1H3,(H4,11,12,13). The van der Waals surface area contributed by atoms with Crippen molar-refractivity contribution in [2.45, 2.75) is 39.0 Å². The van der Waals surface area contributed by atoms with E-state index in [1.54, 1.807) is 0 Å². The summed E-state index contributed by atoms with van der Waals surface area (Å²) in [4.78, 5) is 14.5. The highest BCUT2D eigenvalue weighted by Crippen LogP contribution is 2.02. The van der Waals surface area contributed by atoms with Crippen LogP contribution < -0.4 is 11.5 Å². The van der Waals surface area contributed by atoms with Crippen LogP contribution in [0.1, 0.15) is 39.0 Å². The van der Waals surface area contributed by atoms with Gasteiger partial charge in [0.05, 0.1) is 6.61 Å². The van der Waals surface area contributed by atoms with Gasteiger partial charge in [-0.1, -0.05) is 32.6 Å². The van der Waals surface area contributed by atoms with Crippen molar-refractivity contribution >= 4 is 11.9 Å². The molecule has 0 fully saturated rings. The molecule has 0 unspecified atom stereocenters. The number of aliphatic imine (C=N–C) groups is 1. The number of hydrogen-bond acceptors (Lipinski definition) is 3. The molecule has 0 amide bonds. The summed E-state index contributed by atoms with van der Waals surface area (Å²) in [6.07, 6.45) is 5.66. The molecule has 0 aliphatic carbocycles. The predicted octanol–water partition coefficient (Wildman–Crippen LogP) is 0.773. The number of rotatable bonds is 8. The maximum absolute atomic E-state index is 11.0. The van der Waals surface area contributed by atoms with Crippen LogP contribution in [-0.4, -0.2) is 25.1 Å². The highest BCUT2D eigenvalue weighted by molar-refractivity contribution is 5.80. The quantitative estimate of drug-likeness (QED) is 0.271. The van der Waals surface area contributed by atoms with Crippen LogP contribution in [0.3, 0.4) is 0 Å². The molecule has 0 aliphatic rings. The van der Waals surface area contributed by atoms with Gasteiger partial charge in [-0.15, -0.1) is 0 Å². The first-order chi connectivity index (χ1) is 7.16. The zero-order valence-corrected chi connectivity index (χ0v) is 9.37. The summed E-state index contributed by atoms with van der Waals surface area (Å²) in [6.45, 7) is 2.54.